The van der Waals surface area contributed by atoms with Crippen molar-refractivity contribution in [2.24, 2.45) is 0 Å². The van der Waals surface area contributed by atoms with Crippen LogP contribution in [0.25, 0.3) is 0 Å². The number of rotatable bonds is 6. The third-order valence-electron chi connectivity index (χ3n) is 3.89. The molecular formula is C21H17N3O2S. The minimum absolute atomic E-state index is 0.0437. The van der Waals surface area contributed by atoms with Gasteiger partial charge in [-0.1, -0.05) is 18.2 Å². The second-order valence-electron chi connectivity index (χ2n) is 5.87. The smallest absolute Gasteiger partial charge is 0.255 e. The summed E-state index contributed by atoms with van der Waals surface area (Å²) in [6, 6.07) is 19.6. The van der Waals surface area contributed by atoms with E-state index in [0.29, 0.717) is 23.4 Å². The van der Waals surface area contributed by atoms with Crippen molar-refractivity contribution in [3.05, 3.63) is 87.6 Å². The van der Waals surface area contributed by atoms with Gasteiger partial charge in [-0.2, -0.15) is 5.26 Å². The number of benzene rings is 2. The third-order valence-corrected chi connectivity index (χ3v) is 4.77. The molecule has 0 spiro atoms. The Hall–Kier alpha value is -3.43. The van der Waals surface area contributed by atoms with E-state index >= 15 is 0 Å². The van der Waals surface area contributed by atoms with E-state index in [4.69, 9.17) is 5.26 Å². The van der Waals surface area contributed by atoms with Gasteiger partial charge in [-0.15, -0.1) is 11.3 Å². The topological polar surface area (TPSA) is 82.0 Å². The summed E-state index contributed by atoms with van der Waals surface area (Å²) in [6.07, 6.45) is 0.287. The lowest BCUT2D eigenvalue weighted by Crippen LogP contribution is -2.24. The van der Waals surface area contributed by atoms with Crippen molar-refractivity contribution in [2.45, 2.75) is 13.0 Å². The van der Waals surface area contributed by atoms with Gasteiger partial charge >= 0.3 is 0 Å². The van der Waals surface area contributed by atoms with Crippen LogP contribution in [0.2, 0.25) is 0 Å². The van der Waals surface area contributed by atoms with Crippen LogP contribution < -0.4 is 10.6 Å². The normalized spacial score (nSPS) is 10.0. The average Bonchev–Trinajstić information content (AvgIpc) is 3.21. The molecule has 0 aliphatic heterocycles. The number of carbonyl (C=O) groups is 2. The van der Waals surface area contributed by atoms with Crippen LogP contribution in [0.15, 0.2) is 66.0 Å². The third kappa shape index (κ3) is 5.27. The summed E-state index contributed by atoms with van der Waals surface area (Å²) in [4.78, 5) is 25.3. The first-order valence-corrected chi connectivity index (χ1v) is 9.21. The Balaban J connectivity index is 1.52. The van der Waals surface area contributed by atoms with Crippen molar-refractivity contribution >= 4 is 28.8 Å². The van der Waals surface area contributed by atoms with E-state index in [9.17, 15) is 9.59 Å². The van der Waals surface area contributed by atoms with Gasteiger partial charge in [0.15, 0.2) is 0 Å². The van der Waals surface area contributed by atoms with Crippen LogP contribution in [0, 0.1) is 11.3 Å². The summed E-state index contributed by atoms with van der Waals surface area (Å²) in [5, 5.41) is 16.5. The van der Waals surface area contributed by atoms with Gasteiger partial charge in [0.25, 0.3) is 5.91 Å². The van der Waals surface area contributed by atoms with Crippen molar-refractivity contribution in [3.8, 4) is 6.07 Å². The molecule has 0 atom stereocenters. The first-order chi connectivity index (χ1) is 13.1. The molecule has 3 rings (SSSR count). The molecule has 5 nitrogen and oxygen atoms in total. The van der Waals surface area contributed by atoms with Crippen molar-refractivity contribution in [1.82, 2.24) is 5.32 Å². The molecule has 0 saturated heterocycles. The fourth-order valence-electron chi connectivity index (χ4n) is 2.45. The number of hydrogen-bond acceptors (Lipinski definition) is 4. The molecule has 27 heavy (non-hydrogen) atoms. The molecule has 1 heterocycles. The van der Waals surface area contributed by atoms with E-state index in [2.05, 4.69) is 10.6 Å². The van der Waals surface area contributed by atoms with E-state index in [1.54, 1.807) is 47.7 Å². The van der Waals surface area contributed by atoms with Crippen LogP contribution in [0.4, 0.5) is 5.69 Å². The Kier molecular flexibility index (Phi) is 5.98. The number of nitriles is 1. The number of nitrogens with one attached hydrogen (secondary N) is 2. The fraction of sp³-hybridized carbons (Fsp3) is 0.0952. The molecule has 6 heteroatoms. The van der Waals surface area contributed by atoms with E-state index in [-0.39, 0.29) is 18.2 Å². The van der Waals surface area contributed by atoms with Crippen molar-refractivity contribution in [1.29, 1.82) is 5.26 Å². The van der Waals surface area contributed by atoms with E-state index < -0.39 is 0 Å². The van der Waals surface area contributed by atoms with Crippen LogP contribution in [0.3, 0.4) is 0 Å². The number of amides is 2. The van der Waals surface area contributed by atoms with Crippen LogP contribution in [-0.2, 0) is 17.8 Å². The maximum atomic E-state index is 12.2. The van der Waals surface area contributed by atoms with E-state index in [1.807, 2.05) is 35.7 Å². The molecule has 0 bridgehead atoms. The predicted molar refractivity (Wildman–Crippen MR) is 105 cm³/mol. The van der Waals surface area contributed by atoms with Gasteiger partial charge in [0.2, 0.25) is 5.91 Å². The van der Waals surface area contributed by atoms with Crippen LogP contribution in [-0.4, -0.2) is 11.8 Å². The van der Waals surface area contributed by atoms with E-state index in [0.717, 1.165) is 10.4 Å². The van der Waals surface area contributed by atoms with Crippen LogP contribution >= 0.6 is 11.3 Å². The summed E-state index contributed by atoms with van der Waals surface area (Å²) in [6.45, 7) is 0.537. The number of nitrogens with zero attached hydrogens (tertiary/aromatic N) is 1. The largest absolute Gasteiger partial charge is 0.351 e. The molecule has 0 unspecified atom stereocenters. The Bertz CT molecular complexity index is 956. The zero-order valence-electron chi connectivity index (χ0n) is 14.4. The molecule has 134 valence electrons. The number of carbonyl (C=O) groups excluding carboxylic acids is 2. The summed E-state index contributed by atoms with van der Waals surface area (Å²) >= 11 is 1.61. The zero-order chi connectivity index (χ0) is 19.1. The maximum Gasteiger partial charge on any atom is 0.255 e. The van der Waals surface area contributed by atoms with Gasteiger partial charge in [-0.3, -0.25) is 9.59 Å². The molecule has 0 saturated carbocycles. The molecule has 2 aromatic carbocycles. The minimum Gasteiger partial charge on any atom is -0.351 e. The summed E-state index contributed by atoms with van der Waals surface area (Å²) in [5.41, 5.74) is 2.50. The predicted octanol–water partition coefficient (Wildman–Crippen LogP) is 3.73. The Labute approximate surface area is 161 Å². The second kappa shape index (κ2) is 8.79. The highest BCUT2D eigenvalue weighted by atomic mass is 32.1. The number of hydrogen-bond donors (Lipinski definition) is 2. The molecule has 0 fully saturated rings. The lowest BCUT2D eigenvalue weighted by molar-refractivity contribution is -0.120. The molecule has 0 aliphatic carbocycles. The standard InChI is InChI=1S/C21H17N3O2S/c22-13-16-3-7-17(8-4-16)21(26)24-18-9-5-15(6-10-18)12-20(25)23-14-19-2-1-11-27-19/h1-11H,12,14H2,(H,23,25)(H,24,26). The fourth-order valence-corrected chi connectivity index (χ4v) is 3.10. The van der Waals surface area contributed by atoms with Gasteiger partial charge in [-0.05, 0) is 53.4 Å². The Morgan fingerprint density at radius 2 is 1.74 bits per heavy atom. The van der Waals surface area contributed by atoms with Gasteiger partial charge < -0.3 is 10.6 Å². The molecule has 0 radical (unpaired) electrons. The summed E-state index contributed by atoms with van der Waals surface area (Å²) in [5.74, 6) is -0.293. The highest BCUT2D eigenvalue weighted by molar-refractivity contribution is 7.09. The van der Waals surface area contributed by atoms with Crippen LogP contribution in [0.1, 0.15) is 26.4 Å². The Morgan fingerprint density at radius 3 is 2.37 bits per heavy atom. The molecule has 1 aromatic heterocycles. The van der Waals surface area contributed by atoms with Crippen molar-refractivity contribution in [3.63, 3.8) is 0 Å². The highest BCUT2D eigenvalue weighted by Gasteiger charge is 2.07. The van der Waals surface area contributed by atoms with Crippen molar-refractivity contribution < 1.29 is 9.59 Å². The van der Waals surface area contributed by atoms with Crippen LogP contribution in [0.5, 0.6) is 0 Å². The van der Waals surface area contributed by atoms with Gasteiger partial charge in [-0.25, -0.2) is 0 Å². The van der Waals surface area contributed by atoms with E-state index in [1.165, 1.54) is 0 Å². The quantitative estimate of drug-likeness (QED) is 0.689. The average molecular weight is 375 g/mol. The maximum absolute atomic E-state index is 12.2. The summed E-state index contributed by atoms with van der Waals surface area (Å²) in [7, 11) is 0. The first-order valence-electron chi connectivity index (χ1n) is 8.33. The number of thiophene rings is 1. The molecule has 2 N–H and O–H groups in total. The zero-order valence-corrected chi connectivity index (χ0v) is 15.3. The Morgan fingerprint density at radius 1 is 1.00 bits per heavy atom. The highest BCUT2D eigenvalue weighted by Crippen LogP contribution is 2.13. The molecule has 0 aliphatic rings. The lowest BCUT2D eigenvalue weighted by atomic mass is 10.1. The number of anilines is 1. The molecule has 3 aromatic rings. The van der Waals surface area contributed by atoms with Gasteiger partial charge in [0, 0.05) is 16.1 Å². The molecule has 2 amide bonds. The van der Waals surface area contributed by atoms with Gasteiger partial charge in [0.1, 0.15) is 0 Å². The summed E-state index contributed by atoms with van der Waals surface area (Å²) < 4.78 is 0. The lowest BCUT2D eigenvalue weighted by Gasteiger charge is -2.07. The molecular weight excluding hydrogens is 358 g/mol. The minimum atomic E-state index is -0.249. The monoisotopic (exact) mass is 375 g/mol. The second-order valence-corrected chi connectivity index (χ2v) is 6.91. The SMILES string of the molecule is N#Cc1ccc(C(=O)Nc2ccc(CC(=O)NCc3cccs3)cc2)cc1. The first kappa shape index (κ1) is 18.4. The van der Waals surface area contributed by atoms with Crippen molar-refractivity contribution in [2.75, 3.05) is 5.32 Å². The van der Waals surface area contributed by atoms with Gasteiger partial charge in [0.05, 0.1) is 24.6 Å².